The maximum absolute atomic E-state index is 6.01. The fourth-order valence-electron chi connectivity index (χ4n) is 1.49. The van der Waals surface area contributed by atoms with Crippen LogP contribution in [-0.4, -0.2) is 18.1 Å². The van der Waals surface area contributed by atoms with Crippen LogP contribution in [0.15, 0.2) is 35.5 Å². The van der Waals surface area contributed by atoms with E-state index in [9.17, 15) is 0 Å². The predicted molar refractivity (Wildman–Crippen MR) is 93.1 cm³/mol. The molecule has 0 aliphatic heterocycles. The van der Waals surface area contributed by atoms with Gasteiger partial charge < -0.3 is 5.32 Å². The first-order valence-electron chi connectivity index (χ1n) is 5.95. The summed E-state index contributed by atoms with van der Waals surface area (Å²) in [6.07, 6.45) is 3.10. The highest BCUT2D eigenvalue weighted by molar-refractivity contribution is 7.97. The first kappa shape index (κ1) is 17.0. The van der Waals surface area contributed by atoms with Crippen molar-refractivity contribution in [1.82, 2.24) is 9.71 Å². The van der Waals surface area contributed by atoms with Gasteiger partial charge in [-0.2, -0.15) is 0 Å². The zero-order valence-corrected chi connectivity index (χ0v) is 14.5. The second-order valence-corrected chi connectivity index (χ2v) is 6.57. The van der Waals surface area contributed by atoms with Crippen molar-refractivity contribution in [3.05, 3.63) is 50.7 Å². The Labute approximate surface area is 147 Å². The molecule has 0 aliphatic carbocycles. The number of hydrogen-bond donors (Lipinski definition) is 2. The number of pyridine rings is 1. The second-order valence-electron chi connectivity index (χ2n) is 3.98. The molecule has 0 fully saturated rings. The molecule has 8 heteroatoms. The molecule has 0 unspecified atom stereocenters. The van der Waals surface area contributed by atoms with E-state index in [1.807, 2.05) is 12.1 Å². The van der Waals surface area contributed by atoms with Gasteiger partial charge in [0.15, 0.2) is 0 Å². The third-order valence-corrected chi connectivity index (χ3v) is 4.61. The summed E-state index contributed by atoms with van der Waals surface area (Å²) >= 11 is 25.3. The summed E-state index contributed by atoms with van der Waals surface area (Å²) in [6, 6.07) is 5.48. The Kier molecular flexibility index (Phi) is 6.74. The zero-order valence-electron chi connectivity index (χ0n) is 10.7. The van der Waals surface area contributed by atoms with Crippen LogP contribution in [0, 0.1) is 0 Å². The van der Waals surface area contributed by atoms with Gasteiger partial charge in [0, 0.05) is 30.4 Å². The topological polar surface area (TPSA) is 37.0 Å². The lowest BCUT2D eigenvalue weighted by Gasteiger charge is -2.10. The highest BCUT2D eigenvalue weighted by Gasteiger charge is 2.05. The van der Waals surface area contributed by atoms with E-state index < -0.39 is 0 Å². The van der Waals surface area contributed by atoms with Crippen molar-refractivity contribution in [2.24, 2.45) is 0 Å². The summed E-state index contributed by atoms with van der Waals surface area (Å²) in [7, 11) is 0. The van der Waals surface area contributed by atoms with Crippen LogP contribution in [0.3, 0.4) is 0 Å². The van der Waals surface area contributed by atoms with Crippen LogP contribution in [0.25, 0.3) is 0 Å². The van der Waals surface area contributed by atoms with Crippen LogP contribution in [0.2, 0.25) is 20.1 Å². The molecule has 1 aromatic heterocycles. The summed E-state index contributed by atoms with van der Waals surface area (Å²) in [5.74, 6) is 0. The minimum atomic E-state index is 0.500. The fourth-order valence-corrected chi connectivity index (χ4v) is 3.04. The van der Waals surface area contributed by atoms with E-state index in [0.717, 1.165) is 4.90 Å². The van der Waals surface area contributed by atoms with Crippen molar-refractivity contribution in [2.75, 3.05) is 18.4 Å². The molecule has 2 N–H and O–H groups in total. The summed E-state index contributed by atoms with van der Waals surface area (Å²) in [4.78, 5) is 4.89. The minimum Gasteiger partial charge on any atom is -0.381 e. The van der Waals surface area contributed by atoms with Crippen molar-refractivity contribution in [3.8, 4) is 0 Å². The van der Waals surface area contributed by atoms with Gasteiger partial charge in [0.05, 0.1) is 25.8 Å². The van der Waals surface area contributed by atoms with Crippen LogP contribution < -0.4 is 10.0 Å². The number of aromatic nitrogens is 1. The molecular weight excluding hydrogens is 372 g/mol. The van der Waals surface area contributed by atoms with Crippen molar-refractivity contribution >= 4 is 64.0 Å². The Bertz CT molecular complexity index is 604. The standard InChI is InChI=1S/C13H11Cl4N3S/c14-9-2-1-8(5-10(9)15)21-20-4-3-19-13-11(16)6-18-7-12(13)17/h1-2,5-7,20H,3-4H2,(H,18,19). The molecular formula is C13H11Cl4N3S. The number of nitrogens with one attached hydrogen (secondary N) is 2. The largest absolute Gasteiger partial charge is 0.381 e. The van der Waals surface area contributed by atoms with Crippen molar-refractivity contribution in [3.63, 3.8) is 0 Å². The summed E-state index contributed by atoms with van der Waals surface area (Å²) in [5, 5.41) is 5.25. The Morgan fingerprint density at radius 2 is 1.62 bits per heavy atom. The molecule has 0 bridgehead atoms. The molecule has 1 aromatic carbocycles. The van der Waals surface area contributed by atoms with E-state index in [4.69, 9.17) is 46.4 Å². The zero-order chi connectivity index (χ0) is 15.2. The van der Waals surface area contributed by atoms with Gasteiger partial charge >= 0.3 is 0 Å². The number of benzene rings is 1. The van der Waals surface area contributed by atoms with Crippen LogP contribution in [0.5, 0.6) is 0 Å². The number of halogens is 4. The SMILES string of the molecule is Clc1ccc(SNCCNc2c(Cl)cncc2Cl)cc1Cl. The normalized spacial score (nSPS) is 10.7. The third-order valence-electron chi connectivity index (χ3n) is 2.46. The molecule has 21 heavy (non-hydrogen) atoms. The minimum absolute atomic E-state index is 0.500. The van der Waals surface area contributed by atoms with Crippen molar-refractivity contribution < 1.29 is 0 Å². The van der Waals surface area contributed by atoms with Gasteiger partial charge in [-0.05, 0) is 30.1 Å². The maximum atomic E-state index is 6.01. The van der Waals surface area contributed by atoms with E-state index in [1.165, 1.54) is 11.9 Å². The van der Waals surface area contributed by atoms with Crippen LogP contribution in [0.4, 0.5) is 5.69 Å². The van der Waals surface area contributed by atoms with E-state index in [1.54, 1.807) is 18.5 Å². The summed E-state index contributed by atoms with van der Waals surface area (Å²) in [6.45, 7) is 1.37. The van der Waals surface area contributed by atoms with Gasteiger partial charge in [-0.15, -0.1) is 0 Å². The predicted octanol–water partition coefficient (Wildman–Crippen LogP) is 5.40. The summed E-state index contributed by atoms with van der Waals surface area (Å²) in [5.41, 5.74) is 0.690. The highest BCUT2D eigenvalue weighted by atomic mass is 35.5. The van der Waals surface area contributed by atoms with Gasteiger partial charge in [0.1, 0.15) is 0 Å². The van der Waals surface area contributed by atoms with Gasteiger partial charge in [-0.25, -0.2) is 0 Å². The molecule has 2 aromatic rings. The molecule has 0 saturated carbocycles. The van der Waals surface area contributed by atoms with Crippen LogP contribution >= 0.6 is 58.4 Å². The average molecular weight is 383 g/mol. The Hall–Kier alpha value is -0.360. The molecule has 0 radical (unpaired) electrons. The molecule has 3 nitrogen and oxygen atoms in total. The molecule has 1 heterocycles. The number of nitrogens with zero attached hydrogens (tertiary/aromatic N) is 1. The molecule has 2 rings (SSSR count). The first-order valence-corrected chi connectivity index (χ1v) is 8.28. The van der Waals surface area contributed by atoms with E-state index in [2.05, 4.69) is 15.0 Å². The van der Waals surface area contributed by atoms with Gasteiger partial charge in [0.2, 0.25) is 0 Å². The first-order chi connectivity index (χ1) is 10.1. The monoisotopic (exact) mass is 381 g/mol. The molecule has 0 amide bonds. The third kappa shape index (κ3) is 5.09. The Morgan fingerprint density at radius 3 is 2.29 bits per heavy atom. The molecule has 0 aliphatic rings. The lowest BCUT2D eigenvalue weighted by atomic mass is 10.4. The maximum Gasteiger partial charge on any atom is 0.0836 e. The molecule has 0 atom stereocenters. The quantitative estimate of drug-likeness (QED) is 0.517. The van der Waals surface area contributed by atoms with Gasteiger partial charge in [-0.1, -0.05) is 46.4 Å². The van der Waals surface area contributed by atoms with Crippen molar-refractivity contribution in [1.29, 1.82) is 0 Å². The van der Waals surface area contributed by atoms with E-state index in [-0.39, 0.29) is 0 Å². The number of rotatable bonds is 6. The molecule has 0 spiro atoms. The number of hydrogen-bond acceptors (Lipinski definition) is 4. The lowest BCUT2D eigenvalue weighted by Crippen LogP contribution is -2.16. The smallest absolute Gasteiger partial charge is 0.0836 e. The summed E-state index contributed by atoms with van der Waals surface area (Å²) < 4.78 is 3.21. The van der Waals surface area contributed by atoms with Crippen LogP contribution in [-0.2, 0) is 0 Å². The second kappa shape index (κ2) is 8.32. The Balaban J connectivity index is 1.76. The number of anilines is 1. The molecule has 112 valence electrons. The van der Waals surface area contributed by atoms with E-state index >= 15 is 0 Å². The van der Waals surface area contributed by atoms with Crippen molar-refractivity contribution in [2.45, 2.75) is 4.90 Å². The highest BCUT2D eigenvalue weighted by Crippen LogP contribution is 2.28. The average Bonchev–Trinajstić information content (AvgIpc) is 2.45. The Morgan fingerprint density at radius 1 is 0.905 bits per heavy atom. The van der Waals surface area contributed by atoms with E-state index in [0.29, 0.717) is 38.9 Å². The lowest BCUT2D eigenvalue weighted by molar-refractivity contribution is 0.954. The van der Waals surface area contributed by atoms with Gasteiger partial charge in [0.25, 0.3) is 0 Å². The fraction of sp³-hybridized carbons (Fsp3) is 0.154. The van der Waals surface area contributed by atoms with Gasteiger partial charge in [-0.3, -0.25) is 9.71 Å². The molecule has 0 saturated heterocycles. The van der Waals surface area contributed by atoms with Crippen LogP contribution in [0.1, 0.15) is 0 Å².